The minimum Gasteiger partial charge on any atom is -0.326 e. The molecule has 2 rings (SSSR count). The fourth-order valence-corrected chi connectivity index (χ4v) is 3.59. The van der Waals surface area contributed by atoms with Crippen molar-refractivity contribution in [2.45, 2.75) is 24.7 Å². The lowest BCUT2D eigenvalue weighted by Crippen LogP contribution is -2.17. The second kappa shape index (κ2) is 7.62. The van der Waals surface area contributed by atoms with Crippen LogP contribution in [-0.2, 0) is 21.1 Å². The van der Waals surface area contributed by atoms with Crippen molar-refractivity contribution in [2.75, 3.05) is 11.1 Å². The Morgan fingerprint density at radius 2 is 1.83 bits per heavy atom. The van der Waals surface area contributed by atoms with Gasteiger partial charge in [0.05, 0.1) is 10.6 Å². The number of halogens is 1. The van der Waals surface area contributed by atoms with Crippen LogP contribution in [-0.4, -0.2) is 20.1 Å². The molecule has 0 saturated heterocycles. The first kappa shape index (κ1) is 17.5. The average Bonchev–Trinajstić information content (AvgIpc) is 2.54. The Kier molecular flexibility index (Phi) is 5.80. The van der Waals surface area contributed by atoms with Crippen LogP contribution in [0.25, 0.3) is 0 Å². The number of amides is 1. The predicted molar refractivity (Wildman–Crippen MR) is 92.6 cm³/mol. The molecule has 0 aliphatic heterocycles. The molecule has 0 radical (unpaired) electrons. The Bertz CT molecular complexity index is 786. The summed E-state index contributed by atoms with van der Waals surface area (Å²) in [6.45, 7) is 2.05. The predicted octanol–water partition coefficient (Wildman–Crippen LogP) is 3.70. The fourth-order valence-electron chi connectivity index (χ4n) is 2.05. The Hall–Kier alpha value is -1.85. The molecule has 0 spiro atoms. The molecule has 0 aliphatic rings. The number of anilines is 1. The number of hydrogen-bond donors (Lipinski definition) is 1. The Balaban J connectivity index is 1.95. The number of sulfone groups is 1. The van der Waals surface area contributed by atoms with Crippen LogP contribution >= 0.6 is 11.6 Å². The lowest BCUT2D eigenvalue weighted by Gasteiger charge is -2.07. The Morgan fingerprint density at radius 1 is 1.13 bits per heavy atom. The second-order valence-corrected chi connectivity index (χ2v) is 7.67. The van der Waals surface area contributed by atoms with E-state index in [0.29, 0.717) is 10.7 Å². The van der Waals surface area contributed by atoms with Crippen molar-refractivity contribution in [3.05, 3.63) is 59.1 Å². The second-order valence-electron chi connectivity index (χ2n) is 5.12. The lowest BCUT2D eigenvalue weighted by molar-refractivity contribution is -0.115. The third-order valence-electron chi connectivity index (χ3n) is 3.40. The molecule has 0 unspecified atom stereocenters. The third-order valence-corrected chi connectivity index (χ3v) is 5.35. The summed E-state index contributed by atoms with van der Waals surface area (Å²) in [5, 5.41) is 3.05. The molecule has 4 nitrogen and oxygen atoms in total. The summed E-state index contributed by atoms with van der Waals surface area (Å²) >= 11 is 5.80. The van der Waals surface area contributed by atoms with E-state index in [1.54, 1.807) is 12.1 Å². The van der Waals surface area contributed by atoms with Crippen LogP contribution in [0.5, 0.6) is 0 Å². The van der Waals surface area contributed by atoms with Crippen molar-refractivity contribution in [3.63, 3.8) is 0 Å². The maximum absolute atomic E-state index is 12.2. The number of hydrogen-bond acceptors (Lipinski definition) is 3. The average molecular weight is 352 g/mol. The molecule has 122 valence electrons. The summed E-state index contributed by atoms with van der Waals surface area (Å²) in [6.07, 6.45) is 0.816. The third kappa shape index (κ3) is 5.08. The first-order valence-electron chi connectivity index (χ1n) is 7.28. The van der Waals surface area contributed by atoms with Crippen LogP contribution in [0.3, 0.4) is 0 Å². The van der Waals surface area contributed by atoms with E-state index in [0.717, 1.165) is 6.42 Å². The first-order chi connectivity index (χ1) is 10.9. The van der Waals surface area contributed by atoms with Gasteiger partial charge >= 0.3 is 0 Å². The summed E-state index contributed by atoms with van der Waals surface area (Å²) in [4.78, 5) is 12.0. The quantitative estimate of drug-likeness (QED) is 0.863. The number of benzene rings is 2. The van der Waals surface area contributed by atoms with E-state index in [1.807, 2.05) is 31.2 Å². The van der Waals surface area contributed by atoms with E-state index < -0.39 is 9.84 Å². The van der Waals surface area contributed by atoms with E-state index >= 15 is 0 Å². The normalized spacial score (nSPS) is 11.2. The van der Waals surface area contributed by atoms with Crippen LogP contribution in [0.15, 0.2) is 53.4 Å². The van der Waals surface area contributed by atoms with Crippen LogP contribution in [0.4, 0.5) is 5.69 Å². The molecule has 23 heavy (non-hydrogen) atoms. The summed E-state index contributed by atoms with van der Waals surface area (Å²) in [7, 11) is -3.53. The number of nitrogens with one attached hydrogen (secondary N) is 1. The highest BCUT2D eigenvalue weighted by atomic mass is 35.5. The molecular weight excluding hydrogens is 334 g/mol. The SMILES string of the molecule is CCc1ccc(NC(=O)CCS(=O)(=O)c2cccc(Cl)c2)cc1. The smallest absolute Gasteiger partial charge is 0.225 e. The molecule has 0 fully saturated rings. The van der Waals surface area contributed by atoms with Gasteiger partial charge in [-0.25, -0.2) is 8.42 Å². The zero-order valence-electron chi connectivity index (χ0n) is 12.8. The van der Waals surface area contributed by atoms with Crippen molar-refractivity contribution in [1.82, 2.24) is 0 Å². The van der Waals surface area contributed by atoms with Crippen molar-refractivity contribution in [3.8, 4) is 0 Å². The zero-order chi connectivity index (χ0) is 16.9. The molecule has 2 aromatic rings. The number of aryl methyl sites for hydroxylation is 1. The highest BCUT2D eigenvalue weighted by molar-refractivity contribution is 7.91. The fraction of sp³-hybridized carbons (Fsp3) is 0.235. The number of rotatable bonds is 6. The van der Waals surface area contributed by atoms with Gasteiger partial charge in [0.25, 0.3) is 0 Å². The molecule has 0 saturated carbocycles. The summed E-state index contributed by atoms with van der Waals surface area (Å²) in [5.41, 5.74) is 1.83. The van der Waals surface area contributed by atoms with Gasteiger partial charge in [-0.05, 0) is 42.3 Å². The van der Waals surface area contributed by atoms with Crippen molar-refractivity contribution >= 4 is 33.0 Å². The molecule has 1 N–H and O–H groups in total. The van der Waals surface area contributed by atoms with E-state index in [9.17, 15) is 13.2 Å². The van der Waals surface area contributed by atoms with Crippen LogP contribution in [0.1, 0.15) is 18.9 Å². The Labute approximate surface area is 141 Å². The van der Waals surface area contributed by atoms with Crippen molar-refractivity contribution in [2.24, 2.45) is 0 Å². The molecular formula is C17H18ClNO3S. The van der Waals surface area contributed by atoms with Gasteiger partial charge in [-0.1, -0.05) is 36.7 Å². The summed E-state index contributed by atoms with van der Waals surface area (Å²) in [5.74, 6) is -0.591. The van der Waals surface area contributed by atoms with E-state index in [1.165, 1.54) is 17.7 Å². The van der Waals surface area contributed by atoms with Gasteiger partial charge in [0.15, 0.2) is 9.84 Å². The molecule has 1 amide bonds. The van der Waals surface area contributed by atoms with Crippen LogP contribution < -0.4 is 5.32 Å². The molecule has 0 heterocycles. The molecule has 0 bridgehead atoms. The minimum atomic E-state index is -3.53. The number of carbonyl (C=O) groups excluding carboxylic acids is 1. The molecule has 0 aliphatic carbocycles. The van der Waals surface area contributed by atoms with E-state index in [2.05, 4.69) is 5.32 Å². The van der Waals surface area contributed by atoms with Gasteiger partial charge in [0.2, 0.25) is 5.91 Å². The largest absolute Gasteiger partial charge is 0.326 e. The standard InChI is InChI=1S/C17H18ClNO3S/c1-2-13-6-8-15(9-7-13)19-17(20)10-11-23(21,22)16-5-3-4-14(18)12-16/h3-9,12H,2,10-11H2,1H3,(H,19,20). The minimum absolute atomic E-state index is 0.107. The molecule has 0 atom stereocenters. The topological polar surface area (TPSA) is 63.2 Å². The molecule has 2 aromatic carbocycles. The van der Waals surface area contributed by atoms with Gasteiger partial charge in [0.1, 0.15) is 0 Å². The highest BCUT2D eigenvalue weighted by Crippen LogP contribution is 2.17. The summed E-state index contributed by atoms with van der Waals surface area (Å²) < 4.78 is 24.4. The van der Waals surface area contributed by atoms with Gasteiger partial charge in [-0.2, -0.15) is 0 Å². The van der Waals surface area contributed by atoms with Crippen LogP contribution in [0, 0.1) is 0 Å². The monoisotopic (exact) mass is 351 g/mol. The zero-order valence-corrected chi connectivity index (χ0v) is 14.3. The van der Waals surface area contributed by atoms with Crippen molar-refractivity contribution in [1.29, 1.82) is 0 Å². The highest BCUT2D eigenvalue weighted by Gasteiger charge is 2.16. The molecule has 6 heteroatoms. The van der Waals surface area contributed by atoms with Gasteiger partial charge in [-0.3, -0.25) is 4.79 Å². The van der Waals surface area contributed by atoms with E-state index in [-0.39, 0.29) is 23.0 Å². The summed E-state index contributed by atoms with van der Waals surface area (Å²) in [6, 6.07) is 13.5. The van der Waals surface area contributed by atoms with Gasteiger partial charge in [-0.15, -0.1) is 0 Å². The first-order valence-corrected chi connectivity index (χ1v) is 9.31. The number of carbonyl (C=O) groups is 1. The van der Waals surface area contributed by atoms with Gasteiger partial charge in [0, 0.05) is 17.1 Å². The Morgan fingerprint density at radius 3 is 2.43 bits per heavy atom. The van der Waals surface area contributed by atoms with E-state index in [4.69, 9.17) is 11.6 Å². The maximum Gasteiger partial charge on any atom is 0.225 e. The maximum atomic E-state index is 12.2. The van der Waals surface area contributed by atoms with Crippen molar-refractivity contribution < 1.29 is 13.2 Å². The molecule has 0 aromatic heterocycles. The lowest BCUT2D eigenvalue weighted by atomic mass is 10.1. The van der Waals surface area contributed by atoms with Gasteiger partial charge < -0.3 is 5.32 Å². The van der Waals surface area contributed by atoms with Crippen LogP contribution in [0.2, 0.25) is 5.02 Å².